The van der Waals surface area contributed by atoms with Gasteiger partial charge in [-0.3, -0.25) is 0 Å². The Morgan fingerprint density at radius 3 is 2.82 bits per heavy atom. The van der Waals surface area contributed by atoms with Gasteiger partial charge in [0.2, 0.25) is 0 Å². The second-order valence-electron chi connectivity index (χ2n) is 3.20. The molecule has 0 aromatic rings. The van der Waals surface area contributed by atoms with Crippen molar-refractivity contribution in [3.8, 4) is 0 Å². The molecule has 0 saturated heterocycles. The van der Waals surface area contributed by atoms with E-state index in [-0.39, 0.29) is 6.10 Å². The molecule has 1 aliphatic carbocycles. The average molecular weight is 158 g/mol. The van der Waals surface area contributed by atoms with Gasteiger partial charge in [0, 0.05) is 6.04 Å². The summed E-state index contributed by atoms with van der Waals surface area (Å²) in [6.07, 6.45) is 4.12. The van der Waals surface area contributed by atoms with Gasteiger partial charge in [0.15, 0.2) is 0 Å². The molecule has 0 spiro atoms. The summed E-state index contributed by atoms with van der Waals surface area (Å²) >= 11 is 0. The Morgan fingerprint density at radius 1 is 1.45 bits per heavy atom. The first-order chi connectivity index (χ1) is 5.34. The highest BCUT2D eigenvalue weighted by Gasteiger charge is 2.23. The van der Waals surface area contributed by atoms with Crippen LogP contribution in [-0.2, 0) is 0 Å². The fourth-order valence-electron chi connectivity index (χ4n) is 1.57. The van der Waals surface area contributed by atoms with E-state index in [0.29, 0.717) is 6.04 Å². The SMILES string of the molecule is NCCCN[C@@H]1CCC[C@H]1O. The molecule has 0 aliphatic heterocycles. The van der Waals surface area contributed by atoms with Crippen molar-refractivity contribution in [2.75, 3.05) is 13.1 Å². The third-order valence-corrected chi connectivity index (χ3v) is 2.27. The molecule has 3 heteroatoms. The summed E-state index contributed by atoms with van der Waals surface area (Å²) in [7, 11) is 0. The Labute approximate surface area is 68.0 Å². The molecule has 1 aliphatic rings. The van der Waals surface area contributed by atoms with Crippen molar-refractivity contribution in [1.82, 2.24) is 5.32 Å². The molecule has 0 unspecified atom stereocenters. The van der Waals surface area contributed by atoms with Gasteiger partial charge >= 0.3 is 0 Å². The van der Waals surface area contributed by atoms with Gasteiger partial charge in [0.25, 0.3) is 0 Å². The van der Waals surface area contributed by atoms with Gasteiger partial charge in [0.05, 0.1) is 6.10 Å². The van der Waals surface area contributed by atoms with Crippen molar-refractivity contribution in [2.24, 2.45) is 5.73 Å². The maximum absolute atomic E-state index is 9.39. The highest BCUT2D eigenvalue weighted by Crippen LogP contribution is 2.18. The van der Waals surface area contributed by atoms with Gasteiger partial charge in [-0.2, -0.15) is 0 Å². The van der Waals surface area contributed by atoms with E-state index in [0.717, 1.165) is 38.8 Å². The molecule has 0 radical (unpaired) electrons. The Bertz CT molecular complexity index is 108. The first kappa shape index (κ1) is 8.97. The van der Waals surface area contributed by atoms with E-state index < -0.39 is 0 Å². The Kier molecular flexibility index (Phi) is 3.83. The van der Waals surface area contributed by atoms with Crippen LogP contribution in [0.2, 0.25) is 0 Å². The van der Waals surface area contributed by atoms with Gasteiger partial charge < -0.3 is 16.2 Å². The van der Waals surface area contributed by atoms with E-state index in [1.54, 1.807) is 0 Å². The highest BCUT2D eigenvalue weighted by atomic mass is 16.3. The van der Waals surface area contributed by atoms with Crippen molar-refractivity contribution in [1.29, 1.82) is 0 Å². The molecule has 66 valence electrons. The molecular formula is C8H18N2O. The predicted molar refractivity (Wildman–Crippen MR) is 45.3 cm³/mol. The van der Waals surface area contributed by atoms with Crippen molar-refractivity contribution < 1.29 is 5.11 Å². The Balaban J connectivity index is 2.05. The normalized spacial score (nSPS) is 31.1. The lowest BCUT2D eigenvalue weighted by Gasteiger charge is -2.15. The predicted octanol–water partition coefficient (Wildman–Crippen LogP) is -0.162. The molecule has 0 bridgehead atoms. The van der Waals surface area contributed by atoms with E-state index >= 15 is 0 Å². The van der Waals surface area contributed by atoms with Crippen LogP contribution in [0.25, 0.3) is 0 Å². The van der Waals surface area contributed by atoms with Gasteiger partial charge in [-0.05, 0) is 38.8 Å². The minimum absolute atomic E-state index is 0.118. The van der Waals surface area contributed by atoms with E-state index in [1.165, 1.54) is 0 Å². The monoisotopic (exact) mass is 158 g/mol. The maximum atomic E-state index is 9.39. The highest BCUT2D eigenvalue weighted by molar-refractivity contribution is 4.82. The summed E-state index contributed by atoms with van der Waals surface area (Å²) < 4.78 is 0. The second kappa shape index (κ2) is 4.70. The zero-order chi connectivity index (χ0) is 8.10. The summed E-state index contributed by atoms with van der Waals surface area (Å²) in [6, 6.07) is 0.335. The fourth-order valence-corrected chi connectivity index (χ4v) is 1.57. The molecule has 2 atom stereocenters. The van der Waals surface area contributed by atoms with Crippen molar-refractivity contribution >= 4 is 0 Å². The third-order valence-electron chi connectivity index (χ3n) is 2.27. The van der Waals surface area contributed by atoms with Crippen LogP contribution in [0, 0.1) is 0 Å². The lowest BCUT2D eigenvalue weighted by atomic mass is 10.2. The van der Waals surface area contributed by atoms with Crippen LogP contribution in [0.5, 0.6) is 0 Å². The summed E-state index contributed by atoms with van der Waals surface area (Å²) in [4.78, 5) is 0. The number of aliphatic hydroxyl groups is 1. The number of hydrogen-bond acceptors (Lipinski definition) is 3. The zero-order valence-electron chi connectivity index (χ0n) is 6.92. The van der Waals surface area contributed by atoms with Crippen LogP contribution in [0.15, 0.2) is 0 Å². The second-order valence-corrected chi connectivity index (χ2v) is 3.20. The summed E-state index contributed by atoms with van der Waals surface area (Å²) in [5, 5.41) is 12.7. The van der Waals surface area contributed by atoms with E-state index in [1.807, 2.05) is 0 Å². The van der Waals surface area contributed by atoms with Gasteiger partial charge in [0.1, 0.15) is 0 Å². The molecule has 3 nitrogen and oxygen atoms in total. The first-order valence-corrected chi connectivity index (χ1v) is 4.46. The number of nitrogens with one attached hydrogen (secondary N) is 1. The van der Waals surface area contributed by atoms with Crippen LogP contribution < -0.4 is 11.1 Å². The maximum Gasteiger partial charge on any atom is 0.0693 e. The quantitative estimate of drug-likeness (QED) is 0.498. The lowest BCUT2D eigenvalue weighted by molar-refractivity contribution is 0.149. The molecule has 0 amide bonds. The van der Waals surface area contributed by atoms with Crippen LogP contribution in [0.4, 0.5) is 0 Å². The number of aliphatic hydroxyl groups excluding tert-OH is 1. The third kappa shape index (κ3) is 2.77. The van der Waals surface area contributed by atoms with Crippen molar-refractivity contribution in [3.05, 3.63) is 0 Å². The van der Waals surface area contributed by atoms with E-state index in [9.17, 15) is 5.11 Å². The standard InChI is InChI=1S/C8H18N2O/c9-5-2-6-10-7-3-1-4-8(7)11/h7-8,10-11H,1-6,9H2/t7-,8-/m1/s1. The largest absolute Gasteiger partial charge is 0.392 e. The zero-order valence-corrected chi connectivity index (χ0v) is 6.92. The number of rotatable bonds is 4. The van der Waals surface area contributed by atoms with Crippen LogP contribution in [-0.4, -0.2) is 30.3 Å². The number of hydrogen-bond donors (Lipinski definition) is 3. The van der Waals surface area contributed by atoms with Crippen molar-refractivity contribution in [2.45, 2.75) is 37.8 Å². The fraction of sp³-hybridized carbons (Fsp3) is 1.00. The first-order valence-electron chi connectivity index (χ1n) is 4.46. The van der Waals surface area contributed by atoms with Gasteiger partial charge in [-0.25, -0.2) is 0 Å². The molecule has 11 heavy (non-hydrogen) atoms. The lowest BCUT2D eigenvalue weighted by Crippen LogP contribution is -2.36. The molecule has 4 N–H and O–H groups in total. The minimum atomic E-state index is -0.118. The summed E-state index contributed by atoms with van der Waals surface area (Å²) in [6.45, 7) is 1.67. The molecule has 1 fully saturated rings. The number of nitrogens with two attached hydrogens (primary N) is 1. The van der Waals surface area contributed by atoms with Crippen LogP contribution in [0.3, 0.4) is 0 Å². The van der Waals surface area contributed by atoms with Crippen LogP contribution >= 0.6 is 0 Å². The van der Waals surface area contributed by atoms with Crippen LogP contribution in [0.1, 0.15) is 25.7 Å². The molecule has 0 aromatic heterocycles. The summed E-state index contributed by atoms with van der Waals surface area (Å²) in [5.74, 6) is 0. The smallest absolute Gasteiger partial charge is 0.0693 e. The van der Waals surface area contributed by atoms with E-state index in [4.69, 9.17) is 5.73 Å². The molecule has 1 saturated carbocycles. The average Bonchev–Trinajstić information content (AvgIpc) is 2.37. The Morgan fingerprint density at radius 2 is 2.27 bits per heavy atom. The molecule has 0 heterocycles. The van der Waals surface area contributed by atoms with Crippen molar-refractivity contribution in [3.63, 3.8) is 0 Å². The van der Waals surface area contributed by atoms with Gasteiger partial charge in [-0.15, -0.1) is 0 Å². The molecular weight excluding hydrogens is 140 g/mol. The molecule has 0 aromatic carbocycles. The topological polar surface area (TPSA) is 58.3 Å². The van der Waals surface area contributed by atoms with Gasteiger partial charge in [-0.1, -0.05) is 0 Å². The summed E-state index contributed by atoms with van der Waals surface area (Å²) in [5.41, 5.74) is 5.35. The van der Waals surface area contributed by atoms with E-state index in [2.05, 4.69) is 5.32 Å². The Hall–Kier alpha value is -0.120. The minimum Gasteiger partial charge on any atom is -0.392 e. The molecule has 1 rings (SSSR count).